The largest absolute Gasteiger partial charge is 0.453 e. The summed E-state index contributed by atoms with van der Waals surface area (Å²) in [4.78, 5) is 25.4. The number of nitrogens with zero attached hydrogens (tertiary/aromatic N) is 9. The molecule has 1 aromatic heterocycles. The van der Waals surface area contributed by atoms with Crippen LogP contribution in [0.5, 0.6) is 23.0 Å². The van der Waals surface area contributed by atoms with Crippen molar-refractivity contribution in [2.24, 2.45) is 0 Å². The van der Waals surface area contributed by atoms with Gasteiger partial charge in [-0.3, -0.25) is 0 Å². The minimum absolute atomic E-state index is 0.0453. The van der Waals surface area contributed by atoms with E-state index in [0.29, 0.717) is 0 Å². The first kappa shape index (κ1) is 81.7. The van der Waals surface area contributed by atoms with Gasteiger partial charge in [-0.05, 0) is 276 Å². The van der Waals surface area contributed by atoms with E-state index >= 15 is 0 Å². The number of rotatable bonds is 9. The molecule has 11 nitrogen and oxygen atoms in total. The van der Waals surface area contributed by atoms with E-state index in [1.165, 1.54) is 148 Å². The third-order valence-electron chi connectivity index (χ3n) is 33.8. The lowest BCUT2D eigenvalue weighted by Gasteiger charge is -2.52. The molecule has 34 rings (SSSR count). The summed E-state index contributed by atoms with van der Waals surface area (Å²) in [5, 5.41) is 2.32. The first-order valence-corrected chi connectivity index (χ1v) is 53.0. The Bertz CT molecular complexity index is 9560. The predicted molar refractivity (Wildman–Crippen MR) is 616 cm³/mol. The van der Waals surface area contributed by atoms with E-state index in [-0.39, 0.29) is 31.0 Å². The molecule has 0 atom stereocenters. The number of aromatic nitrogens is 1. The molecule has 12 aliphatic rings. The van der Waals surface area contributed by atoms with Gasteiger partial charge in [0.25, 0.3) is 20.1 Å². The lowest BCUT2D eigenvalue weighted by molar-refractivity contribution is 0.477. The Balaban J connectivity index is 0.565. The maximum atomic E-state index is 7.68. The van der Waals surface area contributed by atoms with Crippen molar-refractivity contribution in [3.05, 3.63) is 459 Å². The summed E-state index contributed by atoms with van der Waals surface area (Å²) in [6, 6.07) is 165. The van der Waals surface area contributed by atoms with Crippen molar-refractivity contribution >= 4 is 251 Å². The maximum absolute atomic E-state index is 7.68. The number of anilines is 24. The Kier molecular flexibility index (Phi) is 16.3. The fraction of sp³-hybridized carbons (Fsp3) is 0.0455. The SMILES string of the molecule is CC1(C)c2ccccc2N2c3cc(-n4c5ccccc5c5c(-c6cc7c8c(c6)B6c9cccc%10c9N(c9ccccc9O%10)c9cc(N(c%10ccccc%10)c%10cccc(-c%11cc%12c%13c(c%11)B%11c%14cccc%15c%14N(c%14ccccc%14S%15)c%14cc(N(c%15ccccc%15)c%15ccccc%15)cc(c%14%11)N%13c%11ccccc%11S%12)c%10)cc(c96)N8c6ccccc6O7)cccc54)cc4c3B(c3cccc1c32)c1cccc2c1N4c1ccccc1C2(C)C. The van der Waals surface area contributed by atoms with E-state index in [0.717, 1.165) is 152 Å². The molecule has 0 amide bonds. The van der Waals surface area contributed by atoms with Crippen molar-refractivity contribution in [3.63, 3.8) is 0 Å². The number of hydrogen-bond acceptors (Lipinski definition) is 12. The monoisotopic (exact) mass is 1920 g/mol. The Morgan fingerprint density at radius 1 is 0.230 bits per heavy atom. The minimum Gasteiger partial charge on any atom is -0.453 e. The van der Waals surface area contributed by atoms with Crippen LogP contribution in [0.15, 0.2) is 456 Å². The van der Waals surface area contributed by atoms with Crippen molar-refractivity contribution in [1.29, 1.82) is 0 Å². The number of ether oxygens (including phenoxy) is 2. The summed E-state index contributed by atoms with van der Waals surface area (Å²) in [7, 11) is 0. The highest BCUT2D eigenvalue weighted by Gasteiger charge is 2.55. The molecule has 21 aromatic carbocycles. The number of benzene rings is 21. The quantitative estimate of drug-likeness (QED) is 0.129. The molecule has 0 unspecified atom stereocenters. The Hall–Kier alpha value is -17.7. The molecule has 0 spiro atoms. The first-order chi connectivity index (χ1) is 73.0. The fourth-order valence-corrected chi connectivity index (χ4v) is 30.1. The highest BCUT2D eigenvalue weighted by Crippen LogP contribution is 2.65. The number of fused-ring (bicyclic) bond motifs is 27. The van der Waals surface area contributed by atoms with Crippen molar-refractivity contribution in [1.82, 2.24) is 4.57 Å². The highest BCUT2D eigenvalue weighted by atomic mass is 32.2. The van der Waals surface area contributed by atoms with Crippen molar-refractivity contribution < 1.29 is 9.47 Å². The van der Waals surface area contributed by atoms with Gasteiger partial charge < -0.3 is 53.2 Å². The van der Waals surface area contributed by atoms with Crippen LogP contribution < -0.4 is 97.8 Å². The van der Waals surface area contributed by atoms with Crippen LogP contribution in [0, 0.1) is 0 Å². The lowest BCUT2D eigenvalue weighted by Crippen LogP contribution is -2.63. The van der Waals surface area contributed by atoms with Crippen LogP contribution in [0.1, 0.15) is 49.9 Å². The van der Waals surface area contributed by atoms with Gasteiger partial charge in [-0.1, -0.05) is 306 Å². The molecule has 0 saturated heterocycles. The standard InChI is InChI=1S/C132H84B3N9O2S2/c1-131(2)89-44-15-18-53-100(89)139-107-75-86(76-108-122(107)133(93-48-30-46-91(131)125(93)139)94-49-31-47-92-126(94)140(108)101-54-19-16-45-90(101)132(92,3)4)138-99-52-17-14-42-88(99)121-87(43-29-59-106(121)138)79-68-97-128-116(69-79)146-114-61-25-21-56-103(114)142(128)110-74-85(73-109-123(110)134(97)95-50-32-62-115-127(95)141(109)102-55-20-24-60-113(102)145-115)137(82-39-12-7-13-40-82)83-41-28-34-77(66-83)78-67-98-130-120(70-78)148-118-64-27-23-58-105(118)144(130)112-72-84(136(80-35-8-5-9-36-80)81-37-10-6-11-38-81)71-111-124(112)135(98)96-51-33-65-119-129(96)143(111)104-57-22-26-63-117(104)147-119/h5-76H,1-4H3. The molecule has 148 heavy (non-hydrogen) atoms. The Labute approximate surface area is 865 Å². The molecule has 0 saturated carbocycles. The second-order valence-electron chi connectivity index (χ2n) is 42.0. The molecule has 0 fully saturated rings. The average Bonchev–Trinajstić information content (AvgIpc) is 0.779. The van der Waals surface area contributed by atoms with E-state index in [1.807, 2.05) is 23.5 Å². The van der Waals surface area contributed by atoms with Crippen molar-refractivity contribution in [2.75, 3.05) is 39.2 Å². The van der Waals surface area contributed by atoms with E-state index in [1.54, 1.807) is 0 Å². The molecule has 12 aliphatic heterocycles. The molecule has 22 aromatic rings. The van der Waals surface area contributed by atoms with Crippen LogP contribution >= 0.6 is 23.5 Å². The van der Waals surface area contributed by atoms with Crippen molar-refractivity contribution in [2.45, 2.75) is 58.1 Å². The second-order valence-corrected chi connectivity index (χ2v) is 44.2. The van der Waals surface area contributed by atoms with Gasteiger partial charge in [-0.2, -0.15) is 0 Å². The number of para-hydroxylation sites is 16. The topological polar surface area (TPSA) is 49.3 Å². The van der Waals surface area contributed by atoms with Crippen LogP contribution in [0.2, 0.25) is 0 Å². The zero-order chi connectivity index (χ0) is 96.8. The van der Waals surface area contributed by atoms with Crippen LogP contribution in [0.25, 0.3) is 49.7 Å². The molecule has 0 aliphatic carbocycles. The molecule has 0 N–H and O–H groups in total. The van der Waals surface area contributed by atoms with E-state index < -0.39 is 0 Å². The van der Waals surface area contributed by atoms with Gasteiger partial charge in [-0.15, -0.1) is 0 Å². The van der Waals surface area contributed by atoms with Gasteiger partial charge in [-0.25, -0.2) is 0 Å². The van der Waals surface area contributed by atoms with Gasteiger partial charge >= 0.3 is 0 Å². The Morgan fingerprint density at radius 2 is 0.608 bits per heavy atom. The molecule has 0 radical (unpaired) electrons. The fourth-order valence-electron chi connectivity index (χ4n) is 27.9. The molecule has 13 heterocycles. The van der Waals surface area contributed by atoms with Gasteiger partial charge in [0.05, 0.1) is 85.0 Å². The molecule has 0 bridgehead atoms. The predicted octanol–water partition coefficient (Wildman–Crippen LogP) is 29.7. The van der Waals surface area contributed by atoms with Gasteiger partial charge in [0, 0.05) is 109 Å². The molecule has 690 valence electrons. The summed E-state index contributed by atoms with van der Waals surface area (Å²) in [5.74, 6) is 3.14. The maximum Gasteiger partial charge on any atom is 0.252 e. The van der Waals surface area contributed by atoms with E-state index in [2.05, 4.69) is 508 Å². The molecule has 16 heteroatoms. The molecular formula is C132H84B3N9O2S2. The normalized spacial score (nSPS) is 14.9. The first-order valence-electron chi connectivity index (χ1n) is 51.4. The van der Waals surface area contributed by atoms with Crippen molar-refractivity contribution in [3.8, 4) is 50.9 Å². The Morgan fingerprint density at radius 3 is 1.19 bits per heavy atom. The average molecular weight is 1920 g/mol. The summed E-state index contributed by atoms with van der Waals surface area (Å²) in [5.41, 5.74) is 50.7. The van der Waals surface area contributed by atoms with Crippen LogP contribution in [0.3, 0.4) is 0 Å². The number of hydrogen-bond donors (Lipinski definition) is 0. The van der Waals surface area contributed by atoms with Crippen LogP contribution in [0.4, 0.5) is 136 Å². The summed E-state index contributed by atoms with van der Waals surface area (Å²) in [6.07, 6.45) is 0. The zero-order valence-electron chi connectivity index (χ0n) is 81.0. The third kappa shape index (κ3) is 10.8. The van der Waals surface area contributed by atoms with Crippen LogP contribution in [-0.4, -0.2) is 24.7 Å². The zero-order valence-corrected chi connectivity index (χ0v) is 82.6. The van der Waals surface area contributed by atoms with Gasteiger partial charge in [0.15, 0.2) is 23.0 Å². The summed E-state index contributed by atoms with van der Waals surface area (Å²) < 4.78 is 17.5. The summed E-state index contributed by atoms with van der Waals surface area (Å²) >= 11 is 3.76. The smallest absolute Gasteiger partial charge is 0.252 e. The van der Waals surface area contributed by atoms with E-state index in [4.69, 9.17) is 9.47 Å². The molecular weight excluding hydrogens is 1840 g/mol. The third-order valence-corrected chi connectivity index (χ3v) is 36.0. The highest BCUT2D eigenvalue weighted by molar-refractivity contribution is 8.00. The van der Waals surface area contributed by atoms with Gasteiger partial charge in [0.1, 0.15) is 0 Å². The summed E-state index contributed by atoms with van der Waals surface area (Å²) in [6.45, 7) is 9.18. The lowest BCUT2D eigenvalue weighted by atomic mass is 9.32. The van der Waals surface area contributed by atoms with E-state index in [9.17, 15) is 0 Å². The minimum atomic E-state index is -0.326. The van der Waals surface area contributed by atoms with Gasteiger partial charge in [0.2, 0.25) is 0 Å². The second kappa shape index (κ2) is 29.6. The van der Waals surface area contributed by atoms with Crippen LogP contribution in [-0.2, 0) is 10.8 Å².